The highest BCUT2D eigenvalue weighted by Crippen LogP contribution is 2.38. The first kappa shape index (κ1) is 16.8. The number of ether oxygens (including phenoxy) is 1. The topological polar surface area (TPSA) is 29.5 Å². The van der Waals surface area contributed by atoms with Gasteiger partial charge in [0, 0.05) is 23.9 Å². The maximum atomic E-state index is 12.4. The van der Waals surface area contributed by atoms with Crippen molar-refractivity contribution >= 4 is 12.0 Å². The number of hydrogen-bond acceptors (Lipinski definition) is 3. The lowest BCUT2D eigenvalue weighted by atomic mass is 9.79. The SMILES string of the molecule is C=Cc1ccc(C(=O)OC2CC(C)(C)N(C)C(C)(C)C2)cc1. The Bertz CT molecular complexity index is 539. The molecule has 120 valence electrons. The zero-order valence-corrected chi connectivity index (χ0v) is 14.3. The molecule has 0 amide bonds. The predicted octanol–water partition coefficient (Wildman–Crippen LogP) is 4.14. The first-order valence-electron chi connectivity index (χ1n) is 7.83. The first-order chi connectivity index (χ1) is 10.2. The van der Waals surface area contributed by atoms with E-state index in [0.29, 0.717) is 5.56 Å². The Labute approximate surface area is 134 Å². The van der Waals surface area contributed by atoms with Gasteiger partial charge in [-0.1, -0.05) is 24.8 Å². The van der Waals surface area contributed by atoms with Gasteiger partial charge in [0.2, 0.25) is 0 Å². The van der Waals surface area contributed by atoms with Gasteiger partial charge in [0.05, 0.1) is 5.56 Å². The van der Waals surface area contributed by atoms with Crippen LogP contribution in [0.25, 0.3) is 6.08 Å². The normalized spacial score (nSPS) is 21.3. The third-order valence-electron chi connectivity index (χ3n) is 4.93. The molecule has 3 heteroatoms. The summed E-state index contributed by atoms with van der Waals surface area (Å²) in [7, 11) is 2.14. The molecule has 0 unspecified atom stereocenters. The molecule has 1 aliphatic rings. The van der Waals surface area contributed by atoms with E-state index >= 15 is 0 Å². The lowest BCUT2D eigenvalue weighted by molar-refractivity contribution is -0.0732. The van der Waals surface area contributed by atoms with Gasteiger partial charge >= 0.3 is 5.97 Å². The van der Waals surface area contributed by atoms with Gasteiger partial charge in [-0.2, -0.15) is 0 Å². The average molecular weight is 301 g/mol. The van der Waals surface area contributed by atoms with Gasteiger partial charge in [-0.25, -0.2) is 4.79 Å². The summed E-state index contributed by atoms with van der Waals surface area (Å²) >= 11 is 0. The highest BCUT2D eigenvalue weighted by molar-refractivity contribution is 5.89. The van der Waals surface area contributed by atoms with Gasteiger partial charge in [-0.15, -0.1) is 0 Å². The molecule has 1 saturated heterocycles. The van der Waals surface area contributed by atoms with Crippen LogP contribution in [-0.2, 0) is 4.74 Å². The van der Waals surface area contributed by atoms with E-state index in [-0.39, 0.29) is 23.2 Å². The van der Waals surface area contributed by atoms with Crippen LogP contribution < -0.4 is 0 Å². The van der Waals surface area contributed by atoms with E-state index in [1.807, 2.05) is 12.1 Å². The molecule has 22 heavy (non-hydrogen) atoms. The molecule has 3 nitrogen and oxygen atoms in total. The Hall–Kier alpha value is -1.61. The van der Waals surface area contributed by atoms with E-state index in [4.69, 9.17) is 4.74 Å². The van der Waals surface area contributed by atoms with Crippen molar-refractivity contribution in [1.29, 1.82) is 0 Å². The van der Waals surface area contributed by atoms with Crippen molar-refractivity contribution < 1.29 is 9.53 Å². The monoisotopic (exact) mass is 301 g/mol. The molecule has 1 aliphatic heterocycles. The Morgan fingerprint density at radius 3 is 2.14 bits per heavy atom. The van der Waals surface area contributed by atoms with Crippen LogP contribution in [0.1, 0.15) is 56.5 Å². The third-order valence-corrected chi connectivity index (χ3v) is 4.93. The molecule has 0 saturated carbocycles. The second-order valence-electron chi connectivity index (χ2n) is 7.45. The quantitative estimate of drug-likeness (QED) is 0.786. The van der Waals surface area contributed by atoms with Gasteiger partial charge in [-0.05, 0) is 52.4 Å². The molecule has 0 radical (unpaired) electrons. The fourth-order valence-corrected chi connectivity index (χ4v) is 3.34. The number of likely N-dealkylation sites (tertiary alicyclic amines) is 1. The van der Waals surface area contributed by atoms with E-state index in [9.17, 15) is 4.79 Å². The summed E-state index contributed by atoms with van der Waals surface area (Å²) in [6, 6.07) is 7.35. The van der Waals surface area contributed by atoms with Crippen LogP contribution in [0, 0.1) is 0 Å². The highest BCUT2D eigenvalue weighted by atomic mass is 16.5. The van der Waals surface area contributed by atoms with Crippen molar-refractivity contribution in [1.82, 2.24) is 4.90 Å². The molecular weight excluding hydrogens is 274 g/mol. The van der Waals surface area contributed by atoms with Crippen molar-refractivity contribution in [3.8, 4) is 0 Å². The van der Waals surface area contributed by atoms with E-state index in [0.717, 1.165) is 18.4 Å². The van der Waals surface area contributed by atoms with Crippen LogP contribution in [0.2, 0.25) is 0 Å². The number of carbonyl (C=O) groups excluding carboxylic acids is 1. The van der Waals surface area contributed by atoms with Crippen molar-refractivity contribution in [2.45, 2.75) is 57.7 Å². The van der Waals surface area contributed by atoms with Crippen molar-refractivity contribution in [2.75, 3.05) is 7.05 Å². The minimum Gasteiger partial charge on any atom is -0.459 e. The second kappa shape index (κ2) is 5.88. The Morgan fingerprint density at radius 1 is 1.18 bits per heavy atom. The van der Waals surface area contributed by atoms with Crippen molar-refractivity contribution in [3.05, 3.63) is 42.0 Å². The van der Waals surface area contributed by atoms with E-state index in [1.54, 1.807) is 18.2 Å². The zero-order valence-electron chi connectivity index (χ0n) is 14.3. The number of benzene rings is 1. The summed E-state index contributed by atoms with van der Waals surface area (Å²) in [6.07, 6.45) is 3.41. The predicted molar refractivity (Wildman–Crippen MR) is 90.9 cm³/mol. The molecule has 1 aromatic carbocycles. The Morgan fingerprint density at radius 2 is 1.68 bits per heavy atom. The van der Waals surface area contributed by atoms with Gasteiger partial charge in [0.15, 0.2) is 0 Å². The van der Waals surface area contributed by atoms with Gasteiger partial charge < -0.3 is 4.74 Å². The summed E-state index contributed by atoms with van der Waals surface area (Å²) in [5.74, 6) is -0.239. The fraction of sp³-hybridized carbons (Fsp3) is 0.526. The molecule has 1 aromatic rings. The average Bonchev–Trinajstić information content (AvgIpc) is 2.44. The smallest absolute Gasteiger partial charge is 0.338 e. The Kier molecular flexibility index (Phi) is 4.48. The van der Waals surface area contributed by atoms with Gasteiger partial charge in [-0.3, -0.25) is 4.90 Å². The minimum absolute atomic E-state index is 0.0133. The molecular formula is C19H27NO2. The number of esters is 1. The lowest BCUT2D eigenvalue weighted by Gasteiger charge is -2.53. The van der Waals surface area contributed by atoms with Crippen LogP contribution in [0.3, 0.4) is 0 Å². The number of nitrogens with zero attached hydrogens (tertiary/aromatic N) is 1. The maximum absolute atomic E-state index is 12.4. The summed E-state index contributed by atoms with van der Waals surface area (Å²) in [5, 5.41) is 0. The summed E-state index contributed by atoms with van der Waals surface area (Å²) in [6.45, 7) is 12.5. The molecule has 0 spiro atoms. The van der Waals surface area contributed by atoms with Crippen molar-refractivity contribution in [2.24, 2.45) is 0 Å². The highest BCUT2D eigenvalue weighted by Gasteiger charge is 2.44. The van der Waals surface area contributed by atoms with Crippen LogP contribution in [0.4, 0.5) is 0 Å². The van der Waals surface area contributed by atoms with Crippen LogP contribution in [0.5, 0.6) is 0 Å². The van der Waals surface area contributed by atoms with E-state index < -0.39 is 0 Å². The summed E-state index contributed by atoms with van der Waals surface area (Å²) in [5.41, 5.74) is 1.62. The number of hydrogen-bond donors (Lipinski definition) is 0. The number of rotatable bonds is 3. The molecule has 0 N–H and O–H groups in total. The minimum atomic E-state index is -0.239. The maximum Gasteiger partial charge on any atom is 0.338 e. The Balaban J connectivity index is 2.09. The standard InChI is InChI=1S/C19H27NO2/c1-7-14-8-10-15(11-9-14)17(21)22-16-12-18(2,3)20(6)19(4,5)13-16/h7-11,16H,1,12-13H2,2-6H3. The molecule has 1 heterocycles. The molecule has 0 atom stereocenters. The van der Waals surface area contributed by atoms with Crippen LogP contribution in [-0.4, -0.2) is 35.1 Å². The largest absolute Gasteiger partial charge is 0.459 e. The first-order valence-corrected chi connectivity index (χ1v) is 7.83. The summed E-state index contributed by atoms with van der Waals surface area (Å²) < 4.78 is 5.78. The molecule has 2 rings (SSSR count). The third kappa shape index (κ3) is 3.41. The number of carbonyl (C=O) groups is 1. The summed E-state index contributed by atoms with van der Waals surface area (Å²) in [4.78, 5) is 14.7. The van der Waals surface area contributed by atoms with Crippen molar-refractivity contribution in [3.63, 3.8) is 0 Å². The number of piperidine rings is 1. The van der Waals surface area contributed by atoms with Gasteiger partial charge in [0.1, 0.15) is 6.10 Å². The second-order valence-corrected chi connectivity index (χ2v) is 7.45. The fourth-order valence-electron chi connectivity index (χ4n) is 3.34. The van der Waals surface area contributed by atoms with E-state index in [2.05, 4.69) is 46.2 Å². The lowest BCUT2D eigenvalue weighted by Crippen LogP contribution is -2.60. The molecule has 0 aromatic heterocycles. The molecule has 0 bridgehead atoms. The molecule has 1 fully saturated rings. The van der Waals surface area contributed by atoms with E-state index in [1.165, 1.54) is 0 Å². The van der Waals surface area contributed by atoms with Crippen LogP contribution in [0.15, 0.2) is 30.8 Å². The molecule has 0 aliphatic carbocycles. The van der Waals surface area contributed by atoms with Gasteiger partial charge in [0.25, 0.3) is 0 Å². The zero-order chi connectivity index (χ0) is 16.5. The van der Waals surface area contributed by atoms with Crippen LogP contribution >= 0.6 is 0 Å².